The van der Waals surface area contributed by atoms with E-state index in [1.165, 1.54) is 17.8 Å². The van der Waals surface area contributed by atoms with Crippen LogP contribution in [0.2, 0.25) is 0 Å². The van der Waals surface area contributed by atoms with E-state index in [2.05, 4.69) is 36.8 Å². The molecule has 0 saturated carbocycles. The molecule has 0 amide bonds. The summed E-state index contributed by atoms with van der Waals surface area (Å²) in [5, 5.41) is 10.3. The molecule has 104 valence electrons. The third-order valence-corrected chi connectivity index (χ3v) is 3.29. The second-order valence-corrected chi connectivity index (χ2v) is 6.50. The molecule has 0 radical (unpaired) electrons. The molecule has 2 rings (SSSR count). The fraction of sp³-hybridized carbons (Fsp3) is 0.429. The molecule has 0 aliphatic heterocycles. The van der Waals surface area contributed by atoms with Crippen molar-refractivity contribution in [3.05, 3.63) is 28.2 Å². The molecule has 0 bridgehead atoms. The lowest BCUT2D eigenvalue weighted by atomic mass is 9.96. The van der Waals surface area contributed by atoms with Gasteiger partial charge < -0.3 is 0 Å². The van der Waals surface area contributed by atoms with Gasteiger partial charge in [-0.25, -0.2) is 9.97 Å². The van der Waals surface area contributed by atoms with E-state index in [0.717, 1.165) is 0 Å². The molecule has 6 heteroatoms. The third-order valence-electron chi connectivity index (χ3n) is 2.74. The van der Waals surface area contributed by atoms with Crippen LogP contribution in [0.4, 0.5) is 0 Å². The Morgan fingerprint density at radius 1 is 1.35 bits per heavy atom. The van der Waals surface area contributed by atoms with Gasteiger partial charge in [-0.15, -0.1) is 0 Å². The van der Waals surface area contributed by atoms with Gasteiger partial charge in [0.05, 0.1) is 5.39 Å². The summed E-state index contributed by atoms with van der Waals surface area (Å²) in [6.07, 6.45) is 1.84. The SMILES string of the molecule is CSc1nc(C#N)c2ccc(=O)n(CC(C)(C)C)c2n1. The van der Waals surface area contributed by atoms with E-state index in [4.69, 9.17) is 0 Å². The number of thioether (sulfide) groups is 1. The van der Waals surface area contributed by atoms with Gasteiger partial charge >= 0.3 is 0 Å². The Bertz CT molecular complexity index is 753. The first kappa shape index (κ1) is 14.5. The van der Waals surface area contributed by atoms with Crippen molar-refractivity contribution in [2.75, 3.05) is 6.26 Å². The zero-order valence-corrected chi connectivity index (χ0v) is 12.8. The average Bonchev–Trinajstić information content (AvgIpc) is 2.39. The van der Waals surface area contributed by atoms with E-state index in [1.807, 2.05) is 6.26 Å². The Hall–Kier alpha value is -1.87. The molecule has 2 heterocycles. The first-order chi connectivity index (χ1) is 9.35. The fourth-order valence-electron chi connectivity index (χ4n) is 1.95. The zero-order chi connectivity index (χ0) is 14.9. The van der Waals surface area contributed by atoms with Crippen LogP contribution < -0.4 is 5.56 Å². The van der Waals surface area contributed by atoms with Crippen molar-refractivity contribution in [3.8, 4) is 6.07 Å². The van der Waals surface area contributed by atoms with Gasteiger partial charge in [-0.05, 0) is 17.7 Å². The van der Waals surface area contributed by atoms with Gasteiger partial charge in [0, 0.05) is 12.6 Å². The maximum absolute atomic E-state index is 12.1. The molecule has 0 unspecified atom stereocenters. The quantitative estimate of drug-likeness (QED) is 0.627. The van der Waals surface area contributed by atoms with Gasteiger partial charge in [-0.2, -0.15) is 5.26 Å². The van der Waals surface area contributed by atoms with Crippen molar-refractivity contribution in [2.24, 2.45) is 5.41 Å². The Morgan fingerprint density at radius 3 is 2.60 bits per heavy atom. The Kier molecular flexibility index (Phi) is 3.82. The standard InChI is InChI=1S/C14H16N4OS/c1-14(2,3)8-18-11(19)6-5-9-10(7-15)16-13(20-4)17-12(9)18/h5-6H,8H2,1-4H3. The predicted molar refractivity (Wildman–Crippen MR) is 79.7 cm³/mol. The maximum Gasteiger partial charge on any atom is 0.252 e. The van der Waals surface area contributed by atoms with Crippen LogP contribution in [-0.2, 0) is 6.54 Å². The summed E-state index contributed by atoms with van der Waals surface area (Å²) in [6.45, 7) is 6.71. The van der Waals surface area contributed by atoms with Crippen molar-refractivity contribution in [1.82, 2.24) is 14.5 Å². The molecule has 0 spiro atoms. The number of hydrogen-bond donors (Lipinski definition) is 0. The highest BCUT2D eigenvalue weighted by molar-refractivity contribution is 7.98. The van der Waals surface area contributed by atoms with E-state index >= 15 is 0 Å². The molecular formula is C14H16N4OS. The van der Waals surface area contributed by atoms with Crippen LogP contribution in [0.25, 0.3) is 11.0 Å². The molecule has 20 heavy (non-hydrogen) atoms. The van der Waals surface area contributed by atoms with Crippen molar-refractivity contribution < 1.29 is 0 Å². The lowest BCUT2D eigenvalue weighted by Crippen LogP contribution is -2.27. The number of pyridine rings is 1. The molecule has 2 aromatic heterocycles. The molecular weight excluding hydrogens is 272 g/mol. The van der Waals surface area contributed by atoms with Gasteiger partial charge in [0.25, 0.3) is 5.56 Å². The lowest BCUT2D eigenvalue weighted by molar-refractivity contribution is 0.343. The van der Waals surface area contributed by atoms with Crippen molar-refractivity contribution >= 4 is 22.8 Å². The van der Waals surface area contributed by atoms with Crippen LogP contribution in [0.3, 0.4) is 0 Å². The van der Waals surface area contributed by atoms with E-state index in [0.29, 0.717) is 28.4 Å². The second-order valence-electron chi connectivity index (χ2n) is 5.73. The second kappa shape index (κ2) is 5.25. The molecule has 0 atom stereocenters. The third kappa shape index (κ3) is 2.83. The van der Waals surface area contributed by atoms with Crippen molar-refractivity contribution in [2.45, 2.75) is 32.5 Å². The van der Waals surface area contributed by atoms with Crippen LogP contribution in [-0.4, -0.2) is 20.8 Å². The average molecular weight is 288 g/mol. The number of nitrogens with zero attached hydrogens (tertiary/aromatic N) is 4. The van der Waals surface area contributed by atoms with Crippen LogP contribution >= 0.6 is 11.8 Å². The monoisotopic (exact) mass is 288 g/mol. The number of hydrogen-bond acceptors (Lipinski definition) is 5. The predicted octanol–water partition coefficient (Wildman–Crippen LogP) is 2.43. The minimum absolute atomic E-state index is 0.0601. The largest absolute Gasteiger partial charge is 0.292 e. The summed E-state index contributed by atoms with van der Waals surface area (Å²) < 4.78 is 1.62. The van der Waals surface area contributed by atoms with Crippen LogP contribution in [0.5, 0.6) is 0 Å². The maximum atomic E-state index is 12.1. The molecule has 0 N–H and O–H groups in total. The van der Waals surface area contributed by atoms with Gasteiger partial charge in [0.1, 0.15) is 11.7 Å². The Balaban J connectivity index is 2.83. The summed E-state index contributed by atoms with van der Waals surface area (Å²) in [4.78, 5) is 20.7. The lowest BCUT2D eigenvalue weighted by Gasteiger charge is -2.20. The summed E-state index contributed by atoms with van der Waals surface area (Å²) in [5.74, 6) is 0. The first-order valence-electron chi connectivity index (χ1n) is 6.21. The topological polar surface area (TPSA) is 71.6 Å². The highest BCUT2D eigenvalue weighted by Crippen LogP contribution is 2.21. The normalized spacial score (nSPS) is 11.6. The molecule has 0 aromatic carbocycles. The van der Waals surface area contributed by atoms with Crippen molar-refractivity contribution in [1.29, 1.82) is 5.26 Å². The molecule has 5 nitrogen and oxygen atoms in total. The van der Waals surface area contributed by atoms with Crippen molar-refractivity contribution in [3.63, 3.8) is 0 Å². The van der Waals surface area contributed by atoms with Crippen LogP contribution in [0.1, 0.15) is 26.5 Å². The fourth-order valence-corrected chi connectivity index (χ4v) is 2.31. The summed E-state index contributed by atoms with van der Waals surface area (Å²) in [6, 6.07) is 5.17. The van der Waals surface area contributed by atoms with Crippen LogP contribution in [0, 0.1) is 16.7 Å². The number of fused-ring (bicyclic) bond motifs is 1. The number of nitriles is 1. The molecule has 0 aliphatic carbocycles. The van der Waals surface area contributed by atoms with E-state index < -0.39 is 0 Å². The molecule has 2 aromatic rings. The summed E-state index contributed by atoms with van der Waals surface area (Å²) >= 11 is 1.36. The van der Waals surface area contributed by atoms with Gasteiger partial charge in [-0.1, -0.05) is 32.5 Å². The highest BCUT2D eigenvalue weighted by Gasteiger charge is 2.17. The van der Waals surface area contributed by atoms with Crippen LogP contribution in [0.15, 0.2) is 22.1 Å². The summed E-state index contributed by atoms with van der Waals surface area (Å²) in [5.41, 5.74) is 0.669. The number of aromatic nitrogens is 3. The Labute approximate surface area is 121 Å². The van der Waals surface area contributed by atoms with Gasteiger partial charge in [-0.3, -0.25) is 9.36 Å². The summed E-state index contributed by atoms with van der Waals surface area (Å²) in [7, 11) is 0. The van der Waals surface area contributed by atoms with Gasteiger partial charge in [0.15, 0.2) is 10.9 Å². The molecule has 0 fully saturated rings. The van der Waals surface area contributed by atoms with Gasteiger partial charge in [0.2, 0.25) is 0 Å². The minimum Gasteiger partial charge on any atom is -0.292 e. The van der Waals surface area contributed by atoms with E-state index in [9.17, 15) is 10.1 Å². The number of rotatable bonds is 2. The molecule has 0 saturated heterocycles. The van der Waals surface area contributed by atoms with E-state index in [1.54, 1.807) is 10.6 Å². The minimum atomic E-state index is -0.109. The van der Waals surface area contributed by atoms with E-state index in [-0.39, 0.29) is 11.0 Å². The Morgan fingerprint density at radius 2 is 2.05 bits per heavy atom. The zero-order valence-electron chi connectivity index (χ0n) is 12.0. The smallest absolute Gasteiger partial charge is 0.252 e. The first-order valence-corrected chi connectivity index (χ1v) is 7.44. The molecule has 0 aliphatic rings. The highest BCUT2D eigenvalue weighted by atomic mass is 32.2.